The highest BCUT2D eigenvalue weighted by molar-refractivity contribution is 6.11. The molecule has 2 aromatic rings. The number of aliphatic hydroxyl groups is 1. The Hall–Kier alpha value is -2.77. The van der Waals surface area contributed by atoms with Crippen LogP contribution in [0.4, 0.5) is 11.5 Å². The number of hydrogen-bond donors (Lipinski definition) is 3. The van der Waals surface area contributed by atoms with Gasteiger partial charge in [0.1, 0.15) is 11.4 Å². The van der Waals surface area contributed by atoms with Gasteiger partial charge in [-0.1, -0.05) is 24.3 Å². The number of Topliss-reactive ketones (excluding diaryl/α,β-unsaturated/α-hetero) is 1. The molecule has 1 aromatic heterocycles. The molecular weight excluding hydrogens is 308 g/mol. The number of carbonyl (C=O) groups excluding carboxylic acids is 1. The number of ether oxygens (including phenoxy) is 1. The summed E-state index contributed by atoms with van der Waals surface area (Å²) in [7, 11) is 0. The van der Waals surface area contributed by atoms with Gasteiger partial charge in [0, 0.05) is 11.1 Å². The van der Waals surface area contributed by atoms with Gasteiger partial charge >= 0.3 is 0 Å². The topological polar surface area (TPSA) is 124 Å². The Bertz CT molecular complexity index is 817. The van der Waals surface area contributed by atoms with E-state index in [1.54, 1.807) is 30.3 Å². The fraction of sp³-hybridized carbons (Fsp3) is 0.235. The number of hydrogen-bond acceptors (Lipinski definition) is 7. The van der Waals surface area contributed by atoms with Crippen LogP contribution in [0.1, 0.15) is 22.5 Å². The lowest BCUT2D eigenvalue weighted by Gasteiger charge is -2.14. The molecular formula is C17H18N4O3. The molecule has 2 heterocycles. The van der Waals surface area contributed by atoms with Crippen LogP contribution < -0.4 is 11.5 Å². The van der Waals surface area contributed by atoms with Gasteiger partial charge in [-0.05, 0) is 18.1 Å². The molecule has 0 saturated heterocycles. The lowest BCUT2D eigenvalue weighted by Crippen LogP contribution is -2.17. The first-order chi connectivity index (χ1) is 11.6. The van der Waals surface area contributed by atoms with E-state index in [-0.39, 0.29) is 29.6 Å². The van der Waals surface area contributed by atoms with Gasteiger partial charge < -0.3 is 21.3 Å². The lowest BCUT2D eigenvalue weighted by atomic mass is 10.0. The van der Waals surface area contributed by atoms with Crippen LogP contribution in [-0.4, -0.2) is 34.1 Å². The lowest BCUT2D eigenvalue weighted by molar-refractivity contribution is 0.0991. The van der Waals surface area contributed by atoms with Crippen molar-refractivity contribution in [2.45, 2.75) is 13.0 Å². The molecule has 3 rings (SSSR count). The third-order valence-electron chi connectivity index (χ3n) is 3.81. The summed E-state index contributed by atoms with van der Waals surface area (Å²) in [5, 5.41) is 9.26. The van der Waals surface area contributed by atoms with Gasteiger partial charge in [-0.3, -0.25) is 4.79 Å². The van der Waals surface area contributed by atoms with Crippen LogP contribution in [0.15, 0.2) is 35.9 Å². The molecule has 0 aliphatic carbocycles. The summed E-state index contributed by atoms with van der Waals surface area (Å²) in [5.74, 6) is 0.0999. The molecule has 0 atom stereocenters. The monoisotopic (exact) mass is 326 g/mol. The number of carbonyl (C=O) groups is 1. The zero-order chi connectivity index (χ0) is 17.1. The number of nitrogens with zero attached hydrogens (tertiary/aromatic N) is 2. The number of aliphatic hydroxyl groups excluding tert-OH is 1. The Labute approximate surface area is 139 Å². The van der Waals surface area contributed by atoms with Crippen LogP contribution in [0, 0.1) is 0 Å². The molecule has 0 spiro atoms. The van der Waals surface area contributed by atoms with Crippen molar-refractivity contribution in [3.05, 3.63) is 47.2 Å². The highest BCUT2D eigenvalue weighted by Crippen LogP contribution is 2.26. The number of rotatable bonds is 4. The van der Waals surface area contributed by atoms with Crippen molar-refractivity contribution in [1.29, 1.82) is 0 Å². The van der Waals surface area contributed by atoms with Gasteiger partial charge in [0.15, 0.2) is 11.6 Å². The van der Waals surface area contributed by atoms with Crippen molar-refractivity contribution in [1.82, 2.24) is 9.97 Å². The molecule has 7 heteroatoms. The van der Waals surface area contributed by atoms with Crippen molar-refractivity contribution in [2.75, 3.05) is 24.7 Å². The molecule has 24 heavy (non-hydrogen) atoms. The van der Waals surface area contributed by atoms with Crippen LogP contribution in [0.5, 0.6) is 0 Å². The molecule has 124 valence electrons. The predicted molar refractivity (Wildman–Crippen MR) is 90.1 cm³/mol. The van der Waals surface area contributed by atoms with E-state index in [1.807, 2.05) is 0 Å². The minimum absolute atomic E-state index is 0.0606. The van der Waals surface area contributed by atoms with E-state index in [9.17, 15) is 9.90 Å². The van der Waals surface area contributed by atoms with E-state index in [2.05, 4.69) is 9.97 Å². The molecule has 0 saturated carbocycles. The van der Waals surface area contributed by atoms with E-state index in [0.717, 1.165) is 0 Å². The van der Waals surface area contributed by atoms with Gasteiger partial charge in [0.2, 0.25) is 5.78 Å². The summed E-state index contributed by atoms with van der Waals surface area (Å²) in [4.78, 5) is 21.2. The van der Waals surface area contributed by atoms with Crippen LogP contribution in [0.25, 0.3) is 11.4 Å². The van der Waals surface area contributed by atoms with Gasteiger partial charge in [-0.25, -0.2) is 9.97 Å². The first-order valence-corrected chi connectivity index (χ1v) is 7.54. The molecule has 5 N–H and O–H groups in total. The average molecular weight is 326 g/mol. The Morgan fingerprint density at radius 3 is 2.83 bits per heavy atom. The molecule has 7 nitrogen and oxygen atoms in total. The van der Waals surface area contributed by atoms with Crippen molar-refractivity contribution in [3.63, 3.8) is 0 Å². The fourth-order valence-electron chi connectivity index (χ4n) is 2.48. The second-order valence-corrected chi connectivity index (χ2v) is 5.44. The summed E-state index contributed by atoms with van der Waals surface area (Å²) < 4.78 is 5.22. The zero-order valence-corrected chi connectivity index (χ0v) is 13.0. The van der Waals surface area contributed by atoms with E-state index < -0.39 is 0 Å². The molecule has 0 fully saturated rings. The minimum atomic E-state index is -0.260. The van der Waals surface area contributed by atoms with Gasteiger partial charge in [-0.15, -0.1) is 0 Å². The molecule has 1 aromatic carbocycles. The Kier molecular flexibility index (Phi) is 4.54. The van der Waals surface area contributed by atoms with Crippen molar-refractivity contribution >= 4 is 17.3 Å². The van der Waals surface area contributed by atoms with Crippen molar-refractivity contribution in [3.8, 4) is 11.4 Å². The highest BCUT2D eigenvalue weighted by Gasteiger charge is 2.22. The fourth-order valence-corrected chi connectivity index (χ4v) is 2.48. The summed E-state index contributed by atoms with van der Waals surface area (Å²) in [5.41, 5.74) is 14.0. The van der Waals surface area contributed by atoms with Crippen LogP contribution in [-0.2, 0) is 11.3 Å². The Morgan fingerprint density at radius 2 is 2.12 bits per heavy atom. The number of benzene rings is 1. The van der Waals surface area contributed by atoms with E-state index in [4.69, 9.17) is 16.2 Å². The van der Waals surface area contributed by atoms with Gasteiger partial charge in [-0.2, -0.15) is 0 Å². The predicted octanol–water partition coefficient (Wildman–Crippen LogP) is 1.33. The Balaban J connectivity index is 2.05. The molecule has 0 radical (unpaired) electrons. The maximum atomic E-state index is 12.7. The summed E-state index contributed by atoms with van der Waals surface area (Å²) in [6, 6.07) is 7.08. The smallest absolute Gasteiger partial charge is 0.209 e. The van der Waals surface area contributed by atoms with E-state index in [0.29, 0.717) is 42.2 Å². The minimum Gasteiger partial charge on any atom is -0.394 e. The zero-order valence-electron chi connectivity index (χ0n) is 13.0. The summed E-state index contributed by atoms with van der Waals surface area (Å²) >= 11 is 0. The maximum absolute atomic E-state index is 12.7. The Morgan fingerprint density at radius 1 is 1.29 bits per heavy atom. The van der Waals surface area contributed by atoms with E-state index in [1.165, 1.54) is 0 Å². The average Bonchev–Trinajstić information content (AvgIpc) is 2.64. The van der Waals surface area contributed by atoms with Crippen LogP contribution in [0.3, 0.4) is 0 Å². The molecule has 0 bridgehead atoms. The van der Waals surface area contributed by atoms with Gasteiger partial charge in [0.25, 0.3) is 0 Å². The highest BCUT2D eigenvalue weighted by atomic mass is 16.5. The number of nitrogen functional groups attached to an aromatic ring is 2. The van der Waals surface area contributed by atoms with Gasteiger partial charge in [0.05, 0.1) is 19.8 Å². The SMILES string of the molecule is Nc1nc(-c2cccc(CO)c2)nc(C(=O)C2=CCOCC2)c1N. The summed E-state index contributed by atoms with van der Waals surface area (Å²) in [6.45, 7) is 0.785. The summed E-state index contributed by atoms with van der Waals surface area (Å²) in [6.07, 6.45) is 2.24. The number of ketones is 1. The standard InChI is InChI=1S/C17H18N4O3/c18-13-14(15(23)11-4-6-24-7-5-11)20-17(21-16(13)19)12-3-1-2-10(8-12)9-22/h1-4,8,22H,5-7,9,18H2,(H2,19,20,21). The number of aromatic nitrogens is 2. The first-order valence-electron chi connectivity index (χ1n) is 7.54. The van der Waals surface area contributed by atoms with Crippen molar-refractivity contribution in [2.24, 2.45) is 0 Å². The van der Waals surface area contributed by atoms with Crippen molar-refractivity contribution < 1.29 is 14.6 Å². The van der Waals surface area contributed by atoms with E-state index >= 15 is 0 Å². The largest absolute Gasteiger partial charge is 0.394 e. The van der Waals surface area contributed by atoms with Crippen LogP contribution >= 0.6 is 0 Å². The third kappa shape index (κ3) is 3.12. The molecule has 1 aliphatic heterocycles. The van der Waals surface area contributed by atoms with Crippen LogP contribution in [0.2, 0.25) is 0 Å². The quantitative estimate of drug-likeness (QED) is 0.724. The normalized spacial score (nSPS) is 14.3. The maximum Gasteiger partial charge on any atom is 0.209 e. The third-order valence-corrected chi connectivity index (χ3v) is 3.81. The second-order valence-electron chi connectivity index (χ2n) is 5.44. The second kappa shape index (κ2) is 6.77. The number of nitrogens with two attached hydrogens (primary N) is 2. The molecule has 0 unspecified atom stereocenters. The molecule has 0 amide bonds. The number of anilines is 2. The first kappa shape index (κ1) is 16.1. The molecule has 1 aliphatic rings.